The van der Waals surface area contributed by atoms with Gasteiger partial charge in [0.2, 0.25) is 0 Å². The number of carbonyl (C=O) groups is 1. The van der Waals surface area contributed by atoms with Gasteiger partial charge in [0.25, 0.3) is 15.9 Å². The minimum Gasteiger partial charge on any atom is -0.308 e. The molecule has 0 radical (unpaired) electrons. The second kappa shape index (κ2) is 11.0. The highest BCUT2D eigenvalue weighted by Gasteiger charge is 2.31. The van der Waals surface area contributed by atoms with Crippen molar-refractivity contribution >= 4 is 60.7 Å². The molecule has 1 amide bonds. The number of nitrogens with zero attached hydrogens (tertiary/aromatic N) is 4. The molecular weight excluding hydrogens is 540 g/mol. The third kappa shape index (κ3) is 5.29. The summed E-state index contributed by atoms with van der Waals surface area (Å²) in [6.07, 6.45) is 0.688. The molecule has 0 fully saturated rings. The molecule has 0 aliphatic carbocycles. The summed E-state index contributed by atoms with van der Waals surface area (Å²) in [6.45, 7) is 5.63. The zero-order valence-corrected chi connectivity index (χ0v) is 24.3. The van der Waals surface area contributed by atoms with Crippen LogP contribution in [0.3, 0.4) is 0 Å². The first-order valence-corrected chi connectivity index (χ1v) is 14.5. The van der Waals surface area contributed by atoms with E-state index in [9.17, 15) is 13.2 Å². The Morgan fingerprint density at radius 1 is 1.03 bits per heavy atom. The van der Waals surface area contributed by atoms with E-state index in [1.54, 1.807) is 17.0 Å². The number of hydrogen-bond donors (Lipinski definition) is 0. The number of anilines is 2. The number of aromatic nitrogens is 1. The van der Waals surface area contributed by atoms with Crippen LogP contribution in [-0.2, 0) is 16.4 Å². The third-order valence-electron chi connectivity index (χ3n) is 6.60. The molecule has 0 N–H and O–H groups in total. The maximum absolute atomic E-state index is 13.7. The number of carbonyl (C=O) groups excluding carboxylic acids is 1. The van der Waals surface area contributed by atoms with Crippen molar-refractivity contribution in [1.82, 2.24) is 9.88 Å². The monoisotopic (exact) mass is 570 g/mol. The highest BCUT2D eigenvalue weighted by Crippen LogP contribution is 2.34. The predicted molar refractivity (Wildman–Crippen MR) is 158 cm³/mol. The third-order valence-corrected chi connectivity index (χ3v) is 9.45. The molecule has 0 saturated carbocycles. The average Bonchev–Trinajstić information content (AvgIpc) is 3.49. The van der Waals surface area contributed by atoms with Crippen LogP contribution >= 0.6 is 23.7 Å². The van der Waals surface area contributed by atoms with Crippen LogP contribution in [0.5, 0.6) is 0 Å². The molecule has 0 atom stereocenters. The number of likely N-dealkylation sites (N-methyl/N-ethyl adjacent to an activating group) is 1. The summed E-state index contributed by atoms with van der Waals surface area (Å²) in [5.74, 6) is -0.203. The van der Waals surface area contributed by atoms with E-state index in [-0.39, 0.29) is 23.2 Å². The van der Waals surface area contributed by atoms with Gasteiger partial charge in [0.15, 0.2) is 5.13 Å². The van der Waals surface area contributed by atoms with Crippen molar-refractivity contribution in [3.8, 4) is 0 Å². The molecule has 7 nitrogen and oxygen atoms in total. The van der Waals surface area contributed by atoms with Crippen LogP contribution in [0.15, 0.2) is 65.6 Å². The Hall–Kier alpha value is -2.98. The molecule has 0 saturated heterocycles. The molecule has 1 aliphatic heterocycles. The Morgan fingerprint density at radius 2 is 1.74 bits per heavy atom. The van der Waals surface area contributed by atoms with Crippen LogP contribution in [0.2, 0.25) is 0 Å². The van der Waals surface area contributed by atoms with Crippen molar-refractivity contribution in [2.24, 2.45) is 0 Å². The Kier molecular flexibility index (Phi) is 8.13. The Labute approximate surface area is 234 Å². The van der Waals surface area contributed by atoms with Crippen LogP contribution in [0.25, 0.3) is 10.2 Å². The largest absolute Gasteiger partial charge is 0.308 e. The Morgan fingerprint density at radius 3 is 2.45 bits per heavy atom. The lowest BCUT2D eigenvalue weighted by Gasteiger charge is -2.22. The number of halogens is 1. The van der Waals surface area contributed by atoms with Gasteiger partial charge >= 0.3 is 0 Å². The van der Waals surface area contributed by atoms with E-state index >= 15 is 0 Å². The van der Waals surface area contributed by atoms with E-state index in [2.05, 4.69) is 19.1 Å². The fourth-order valence-electron chi connectivity index (χ4n) is 4.67. The van der Waals surface area contributed by atoms with Crippen molar-refractivity contribution in [3.63, 3.8) is 0 Å². The lowest BCUT2D eigenvalue weighted by atomic mass is 10.1. The zero-order chi connectivity index (χ0) is 26.3. The number of thiazole rings is 1. The number of fused-ring (bicyclic) bond motifs is 2. The summed E-state index contributed by atoms with van der Waals surface area (Å²) in [4.78, 5) is 22.4. The minimum absolute atomic E-state index is 0. The van der Waals surface area contributed by atoms with Crippen LogP contribution in [0, 0.1) is 13.8 Å². The van der Waals surface area contributed by atoms with E-state index in [1.807, 2.05) is 50.2 Å². The van der Waals surface area contributed by atoms with Gasteiger partial charge in [0, 0.05) is 25.2 Å². The Balaban J connectivity index is 0.00000336. The van der Waals surface area contributed by atoms with Gasteiger partial charge in [-0.2, -0.15) is 0 Å². The number of rotatable bonds is 7. The fourth-order valence-corrected chi connectivity index (χ4v) is 7.34. The van der Waals surface area contributed by atoms with E-state index in [0.717, 1.165) is 32.6 Å². The molecule has 200 valence electrons. The summed E-state index contributed by atoms with van der Waals surface area (Å²) in [5, 5.41) is 0.640. The second-order valence-corrected chi connectivity index (χ2v) is 12.5. The van der Waals surface area contributed by atoms with Crippen LogP contribution in [0.1, 0.15) is 27.0 Å². The molecule has 1 aliphatic rings. The quantitative estimate of drug-likeness (QED) is 0.302. The Bertz CT molecular complexity index is 1580. The fraction of sp³-hybridized carbons (Fsp3) is 0.286. The van der Waals surface area contributed by atoms with Crippen molar-refractivity contribution in [2.75, 3.05) is 42.9 Å². The molecule has 0 bridgehead atoms. The molecule has 0 spiro atoms. The van der Waals surface area contributed by atoms with Crippen LogP contribution < -0.4 is 9.21 Å². The summed E-state index contributed by atoms with van der Waals surface area (Å²) in [7, 11) is 0.203. The molecule has 10 heteroatoms. The van der Waals surface area contributed by atoms with E-state index in [0.29, 0.717) is 36.8 Å². The van der Waals surface area contributed by atoms with Crippen LogP contribution in [-0.4, -0.2) is 57.9 Å². The predicted octanol–water partition coefficient (Wildman–Crippen LogP) is 5.29. The molecule has 0 unspecified atom stereocenters. The minimum atomic E-state index is -3.72. The second-order valence-electron chi connectivity index (χ2n) is 9.67. The van der Waals surface area contributed by atoms with Crippen molar-refractivity contribution in [3.05, 3.63) is 82.9 Å². The number of hydrogen-bond acceptors (Lipinski definition) is 6. The van der Waals surface area contributed by atoms with Crippen molar-refractivity contribution in [2.45, 2.75) is 25.2 Å². The van der Waals surface area contributed by atoms with Gasteiger partial charge in [-0.15, -0.1) is 12.4 Å². The van der Waals surface area contributed by atoms with Gasteiger partial charge in [-0.1, -0.05) is 35.6 Å². The number of amides is 1. The molecule has 2 heterocycles. The summed E-state index contributed by atoms with van der Waals surface area (Å²) < 4.78 is 29.3. The first kappa shape index (κ1) is 28.0. The number of aryl methyl sites for hydroxylation is 2. The topological polar surface area (TPSA) is 73.8 Å². The van der Waals surface area contributed by atoms with Crippen LogP contribution in [0.4, 0.5) is 10.8 Å². The number of para-hydroxylation sites is 1. The number of sulfonamides is 1. The molecule has 3 aromatic carbocycles. The van der Waals surface area contributed by atoms with E-state index in [1.165, 1.54) is 27.8 Å². The molecule has 38 heavy (non-hydrogen) atoms. The van der Waals surface area contributed by atoms with Gasteiger partial charge in [-0.3, -0.25) is 14.0 Å². The lowest BCUT2D eigenvalue weighted by Crippen LogP contribution is -2.36. The summed E-state index contributed by atoms with van der Waals surface area (Å²) in [6, 6.07) is 18.0. The smallest absolute Gasteiger partial charge is 0.264 e. The lowest BCUT2D eigenvalue weighted by molar-refractivity contribution is 0.0985. The van der Waals surface area contributed by atoms with Crippen molar-refractivity contribution < 1.29 is 13.2 Å². The number of benzene rings is 3. The summed E-state index contributed by atoms with van der Waals surface area (Å²) in [5.41, 5.74) is 5.31. The van der Waals surface area contributed by atoms with Gasteiger partial charge in [0.05, 0.1) is 20.8 Å². The van der Waals surface area contributed by atoms with Crippen molar-refractivity contribution in [1.29, 1.82) is 0 Å². The zero-order valence-electron chi connectivity index (χ0n) is 21.8. The molecule has 4 aromatic rings. The SMILES string of the molecule is Cc1cc(C)c2nc(N(CCN(C)C)C(=O)c3ccc(S(=O)(=O)N4CCc5ccccc54)cc3)sc2c1.Cl. The average molecular weight is 571 g/mol. The standard InChI is InChI=1S/C28H30N4O3S2.ClH/c1-19-17-20(2)26-25(18-19)36-28(29-26)31(16-15-30(3)4)27(33)22-9-11-23(12-10-22)37(34,35)32-14-13-21-7-5-6-8-24(21)32;/h5-12,17-18H,13-16H2,1-4H3;1H. The maximum Gasteiger partial charge on any atom is 0.264 e. The highest BCUT2D eigenvalue weighted by atomic mass is 35.5. The molecular formula is C28H31ClN4O3S2. The molecule has 5 rings (SSSR count). The molecule has 1 aromatic heterocycles. The highest BCUT2D eigenvalue weighted by molar-refractivity contribution is 7.92. The first-order valence-electron chi connectivity index (χ1n) is 12.2. The first-order chi connectivity index (χ1) is 17.6. The summed E-state index contributed by atoms with van der Waals surface area (Å²) >= 11 is 1.50. The maximum atomic E-state index is 13.7. The van der Waals surface area contributed by atoms with Gasteiger partial charge < -0.3 is 4.90 Å². The van der Waals surface area contributed by atoms with E-state index < -0.39 is 10.0 Å². The van der Waals surface area contributed by atoms with E-state index in [4.69, 9.17) is 4.98 Å². The normalized spacial score (nSPS) is 13.0. The van der Waals surface area contributed by atoms with Gasteiger partial charge in [-0.05, 0) is 87.5 Å². The van der Waals surface area contributed by atoms with Gasteiger partial charge in [-0.25, -0.2) is 13.4 Å². The van der Waals surface area contributed by atoms with Gasteiger partial charge in [0.1, 0.15) is 0 Å².